The molecule has 3 aliphatic rings. The molecule has 4 rings (SSSR count). The summed E-state index contributed by atoms with van der Waals surface area (Å²) in [6, 6.07) is 9.60. The van der Waals surface area contributed by atoms with Crippen LogP contribution >= 0.6 is 0 Å². The molecule has 1 aromatic rings. The number of Topliss-reactive ketones (excluding diaryl/α,β-unsaturated/α-hetero) is 1. The summed E-state index contributed by atoms with van der Waals surface area (Å²) in [4.78, 5) is 39.5. The molecule has 3 atom stereocenters. The van der Waals surface area contributed by atoms with E-state index in [1.165, 1.54) is 0 Å². The zero-order chi connectivity index (χ0) is 19.9. The summed E-state index contributed by atoms with van der Waals surface area (Å²) in [5.74, 6) is -1.27. The quantitative estimate of drug-likeness (QED) is 0.575. The van der Waals surface area contributed by atoms with Crippen LogP contribution in [0.1, 0.15) is 45.1 Å². The van der Waals surface area contributed by atoms with Crippen molar-refractivity contribution >= 4 is 23.3 Å². The van der Waals surface area contributed by atoms with Crippen molar-refractivity contribution in [2.45, 2.75) is 39.5 Å². The van der Waals surface area contributed by atoms with Gasteiger partial charge in [-0.2, -0.15) is 0 Å². The number of carbonyl (C=O) groups is 3. The molecule has 5 nitrogen and oxygen atoms in total. The normalized spacial score (nSPS) is 27.5. The van der Waals surface area contributed by atoms with E-state index in [0.717, 1.165) is 30.4 Å². The Bertz CT molecular complexity index is 820. The summed E-state index contributed by atoms with van der Waals surface area (Å²) < 4.78 is 10.7. The third-order valence-electron chi connectivity index (χ3n) is 6.65. The third kappa shape index (κ3) is 2.55. The van der Waals surface area contributed by atoms with Crippen LogP contribution in [0, 0.1) is 23.2 Å². The fourth-order valence-electron chi connectivity index (χ4n) is 5.66. The van der Waals surface area contributed by atoms with Gasteiger partial charge >= 0.3 is 11.9 Å². The van der Waals surface area contributed by atoms with E-state index in [1.54, 1.807) is 13.8 Å². The van der Waals surface area contributed by atoms with Crippen LogP contribution in [-0.2, 0) is 23.9 Å². The molecule has 2 saturated carbocycles. The fourth-order valence-corrected chi connectivity index (χ4v) is 5.66. The molecule has 0 aromatic heterocycles. The minimum absolute atomic E-state index is 0.0646. The van der Waals surface area contributed by atoms with Crippen molar-refractivity contribution in [1.29, 1.82) is 0 Å². The summed E-state index contributed by atoms with van der Waals surface area (Å²) in [5, 5.41) is 0. The summed E-state index contributed by atoms with van der Waals surface area (Å²) in [6.45, 7) is 3.91. The maximum absolute atomic E-state index is 13.2. The Balaban J connectivity index is 1.88. The zero-order valence-corrected chi connectivity index (χ0v) is 16.4. The number of esters is 2. The van der Waals surface area contributed by atoms with E-state index >= 15 is 0 Å². The molecule has 2 fully saturated rings. The second-order valence-corrected chi connectivity index (χ2v) is 7.89. The third-order valence-corrected chi connectivity index (χ3v) is 6.65. The lowest BCUT2D eigenvalue weighted by atomic mass is 9.65. The van der Waals surface area contributed by atoms with Crippen molar-refractivity contribution in [3.05, 3.63) is 41.5 Å². The molecular weight excluding hydrogens is 356 g/mol. The van der Waals surface area contributed by atoms with Crippen LogP contribution in [0.25, 0.3) is 5.57 Å². The number of benzene rings is 1. The number of rotatable bonds is 5. The summed E-state index contributed by atoms with van der Waals surface area (Å²) in [7, 11) is 0. The number of ether oxygens (including phenoxy) is 2. The van der Waals surface area contributed by atoms with Gasteiger partial charge in [-0.1, -0.05) is 42.3 Å². The Morgan fingerprint density at radius 1 is 1.04 bits per heavy atom. The van der Waals surface area contributed by atoms with E-state index in [0.29, 0.717) is 5.57 Å². The van der Waals surface area contributed by atoms with Gasteiger partial charge in [-0.3, -0.25) is 14.4 Å². The molecule has 0 saturated heterocycles. The first-order chi connectivity index (χ1) is 13.6. The molecule has 148 valence electrons. The molecule has 0 spiro atoms. The van der Waals surface area contributed by atoms with Gasteiger partial charge in [0.15, 0.2) is 11.2 Å². The van der Waals surface area contributed by atoms with Gasteiger partial charge in [0.25, 0.3) is 0 Å². The van der Waals surface area contributed by atoms with Crippen molar-refractivity contribution in [2.24, 2.45) is 23.2 Å². The van der Waals surface area contributed by atoms with Gasteiger partial charge in [0.05, 0.1) is 13.2 Å². The fraction of sp³-hybridized carbons (Fsp3) is 0.522. The highest BCUT2D eigenvalue weighted by atomic mass is 16.6. The molecule has 28 heavy (non-hydrogen) atoms. The van der Waals surface area contributed by atoms with Crippen LogP contribution < -0.4 is 0 Å². The number of carbonyl (C=O) groups excluding carboxylic acids is 3. The summed E-state index contributed by atoms with van der Waals surface area (Å²) in [6.07, 6.45) is 2.60. The van der Waals surface area contributed by atoms with Gasteiger partial charge in [-0.15, -0.1) is 0 Å². The molecule has 0 unspecified atom stereocenters. The van der Waals surface area contributed by atoms with Gasteiger partial charge in [0.1, 0.15) is 0 Å². The second kappa shape index (κ2) is 7.19. The first kappa shape index (κ1) is 18.9. The first-order valence-electron chi connectivity index (χ1n) is 10.2. The van der Waals surface area contributed by atoms with E-state index in [1.807, 2.05) is 30.3 Å². The predicted molar refractivity (Wildman–Crippen MR) is 103 cm³/mol. The van der Waals surface area contributed by atoms with E-state index in [2.05, 4.69) is 0 Å². The number of hydrogen-bond acceptors (Lipinski definition) is 5. The number of allylic oxidation sites excluding steroid dienone is 2. The molecule has 0 amide bonds. The van der Waals surface area contributed by atoms with Crippen LogP contribution in [-0.4, -0.2) is 30.9 Å². The van der Waals surface area contributed by atoms with Crippen LogP contribution in [0.15, 0.2) is 35.9 Å². The monoisotopic (exact) mass is 382 g/mol. The van der Waals surface area contributed by atoms with Crippen LogP contribution in [0.4, 0.5) is 0 Å². The topological polar surface area (TPSA) is 69.7 Å². The second-order valence-electron chi connectivity index (χ2n) is 7.89. The molecule has 5 heteroatoms. The standard InChI is InChI=1S/C23H26O5/c1-3-27-21(25)23(22(26)28-4-2)13-16-18(14-9-6-5-7-10-14)20(24)15-11-8-12-17(23)19(15)16/h5-7,9-10,15,17,19H,3-4,8,11-13H2,1-2H3/t15-,17+,19+/m1/s1. The SMILES string of the molecule is CCOC(=O)C1(C(=O)OCC)CC2=C(c3ccccc3)C(=O)[C@@H]3CCC[C@H]1[C@H]23. The molecule has 3 aliphatic carbocycles. The Morgan fingerprint density at radius 3 is 2.29 bits per heavy atom. The highest BCUT2D eigenvalue weighted by molar-refractivity contribution is 6.26. The maximum atomic E-state index is 13.2. The predicted octanol–water partition coefficient (Wildman–Crippen LogP) is 3.57. The summed E-state index contributed by atoms with van der Waals surface area (Å²) >= 11 is 0. The van der Waals surface area contributed by atoms with E-state index in [4.69, 9.17) is 9.47 Å². The highest BCUT2D eigenvalue weighted by Crippen LogP contribution is 2.64. The lowest BCUT2D eigenvalue weighted by molar-refractivity contribution is -0.177. The van der Waals surface area contributed by atoms with Gasteiger partial charge in [0.2, 0.25) is 0 Å². The molecule has 0 N–H and O–H groups in total. The van der Waals surface area contributed by atoms with E-state index in [9.17, 15) is 14.4 Å². The Labute approximate surface area is 165 Å². The Kier molecular flexibility index (Phi) is 4.86. The van der Waals surface area contributed by atoms with Crippen molar-refractivity contribution in [2.75, 3.05) is 13.2 Å². The van der Waals surface area contributed by atoms with Gasteiger partial charge in [0, 0.05) is 11.5 Å². The van der Waals surface area contributed by atoms with Crippen molar-refractivity contribution in [3.63, 3.8) is 0 Å². The minimum Gasteiger partial charge on any atom is -0.465 e. The lowest BCUT2D eigenvalue weighted by Crippen LogP contribution is -2.48. The van der Waals surface area contributed by atoms with Crippen LogP contribution in [0.3, 0.4) is 0 Å². The largest absolute Gasteiger partial charge is 0.465 e. The van der Waals surface area contributed by atoms with Gasteiger partial charge < -0.3 is 9.47 Å². The number of hydrogen-bond donors (Lipinski definition) is 0. The highest BCUT2D eigenvalue weighted by Gasteiger charge is 2.67. The maximum Gasteiger partial charge on any atom is 0.324 e. The number of ketones is 1. The molecule has 0 radical (unpaired) electrons. The smallest absolute Gasteiger partial charge is 0.324 e. The van der Waals surface area contributed by atoms with Gasteiger partial charge in [-0.25, -0.2) is 0 Å². The van der Waals surface area contributed by atoms with E-state index in [-0.39, 0.29) is 43.2 Å². The molecule has 0 heterocycles. The lowest BCUT2D eigenvalue weighted by Gasteiger charge is -2.37. The average molecular weight is 382 g/mol. The minimum atomic E-state index is -1.33. The molecular formula is C23H26O5. The van der Waals surface area contributed by atoms with Crippen molar-refractivity contribution in [1.82, 2.24) is 0 Å². The first-order valence-corrected chi connectivity index (χ1v) is 10.2. The van der Waals surface area contributed by atoms with Gasteiger partial charge in [-0.05, 0) is 50.5 Å². The zero-order valence-electron chi connectivity index (χ0n) is 16.4. The molecule has 0 aliphatic heterocycles. The van der Waals surface area contributed by atoms with Crippen LogP contribution in [0.2, 0.25) is 0 Å². The van der Waals surface area contributed by atoms with E-state index < -0.39 is 17.4 Å². The Hall–Kier alpha value is -2.43. The molecule has 1 aromatic carbocycles. The van der Waals surface area contributed by atoms with Crippen LogP contribution in [0.5, 0.6) is 0 Å². The average Bonchev–Trinajstić information content (AvgIpc) is 3.19. The van der Waals surface area contributed by atoms with Crippen molar-refractivity contribution < 1.29 is 23.9 Å². The Morgan fingerprint density at radius 2 is 1.68 bits per heavy atom. The summed E-state index contributed by atoms with van der Waals surface area (Å²) in [5.41, 5.74) is 1.20. The molecule has 0 bridgehead atoms. The van der Waals surface area contributed by atoms with Crippen molar-refractivity contribution in [3.8, 4) is 0 Å².